The summed E-state index contributed by atoms with van der Waals surface area (Å²) in [6, 6.07) is 25.5. The monoisotopic (exact) mass is 551 g/mol. The van der Waals surface area contributed by atoms with Gasteiger partial charge in [-0.1, -0.05) is 89.7 Å². The molecule has 7 nitrogen and oxygen atoms in total. The van der Waals surface area contributed by atoms with Gasteiger partial charge in [-0.2, -0.15) is 5.10 Å². The quantitative estimate of drug-likeness (QED) is 0.325. The maximum absolute atomic E-state index is 14.0. The zero-order chi connectivity index (χ0) is 26.9. The highest BCUT2D eigenvalue weighted by atomic mass is 35.5. The SMILES string of the molecule is CC1=C(C(=O)Nc2ccccc2)[C@H](c2ccccc2Cl)n2c(s/c(=C/c3cn[nH]c3-c3ccccc3)c2=O)=N1. The van der Waals surface area contributed by atoms with E-state index in [9.17, 15) is 9.59 Å². The number of nitrogens with one attached hydrogen (secondary N) is 2. The zero-order valence-corrected chi connectivity index (χ0v) is 22.3. The van der Waals surface area contributed by atoms with Crippen LogP contribution in [0.15, 0.2) is 112 Å². The Labute approximate surface area is 232 Å². The molecule has 0 saturated heterocycles. The molecule has 5 aromatic rings. The molecule has 0 spiro atoms. The molecule has 39 heavy (non-hydrogen) atoms. The molecule has 2 N–H and O–H groups in total. The van der Waals surface area contributed by atoms with Crippen LogP contribution in [0.1, 0.15) is 24.1 Å². The number of aromatic amines is 1. The summed E-state index contributed by atoms with van der Waals surface area (Å²) < 4.78 is 2.04. The minimum absolute atomic E-state index is 0.263. The molecule has 6 rings (SSSR count). The molecule has 3 heterocycles. The molecule has 3 aromatic carbocycles. The molecular formula is C30H22ClN5O2S. The summed E-state index contributed by atoms with van der Waals surface area (Å²) in [4.78, 5) is 32.8. The van der Waals surface area contributed by atoms with Gasteiger partial charge in [-0.05, 0) is 36.8 Å². The van der Waals surface area contributed by atoms with Crippen LogP contribution in [0.25, 0.3) is 17.3 Å². The van der Waals surface area contributed by atoms with Crippen molar-refractivity contribution in [2.45, 2.75) is 13.0 Å². The Balaban J connectivity index is 1.51. The van der Waals surface area contributed by atoms with Crippen LogP contribution in [0.3, 0.4) is 0 Å². The predicted octanol–water partition coefficient (Wildman–Crippen LogP) is 4.92. The summed E-state index contributed by atoms with van der Waals surface area (Å²) in [5, 5.41) is 10.6. The summed E-state index contributed by atoms with van der Waals surface area (Å²) in [5.74, 6) is -0.345. The van der Waals surface area contributed by atoms with Gasteiger partial charge in [0.2, 0.25) is 0 Å². The van der Waals surface area contributed by atoms with E-state index in [-0.39, 0.29) is 11.5 Å². The number of rotatable bonds is 5. The Morgan fingerprint density at radius 1 is 1.03 bits per heavy atom. The number of anilines is 1. The molecule has 2 aromatic heterocycles. The van der Waals surface area contributed by atoms with Crippen LogP contribution in [0, 0.1) is 0 Å². The molecule has 192 valence electrons. The lowest BCUT2D eigenvalue weighted by Crippen LogP contribution is -2.40. The molecule has 0 bridgehead atoms. The van der Waals surface area contributed by atoms with Crippen molar-refractivity contribution >= 4 is 40.6 Å². The number of hydrogen-bond donors (Lipinski definition) is 2. The lowest BCUT2D eigenvalue weighted by molar-refractivity contribution is -0.113. The van der Waals surface area contributed by atoms with Crippen molar-refractivity contribution < 1.29 is 4.79 Å². The van der Waals surface area contributed by atoms with Crippen molar-refractivity contribution in [2.24, 2.45) is 4.99 Å². The van der Waals surface area contributed by atoms with E-state index in [1.807, 2.05) is 84.9 Å². The normalized spacial score (nSPS) is 15.1. The van der Waals surface area contributed by atoms with Crippen LogP contribution in [-0.2, 0) is 4.79 Å². The molecule has 0 radical (unpaired) electrons. The number of benzene rings is 3. The average Bonchev–Trinajstić information content (AvgIpc) is 3.53. The van der Waals surface area contributed by atoms with E-state index in [1.54, 1.807) is 23.8 Å². The van der Waals surface area contributed by atoms with Gasteiger partial charge in [0.05, 0.1) is 33.7 Å². The number of para-hydroxylation sites is 1. The summed E-state index contributed by atoms with van der Waals surface area (Å²) in [5.41, 5.74) is 4.45. The van der Waals surface area contributed by atoms with Crippen LogP contribution in [0.5, 0.6) is 0 Å². The minimum Gasteiger partial charge on any atom is -0.322 e. The lowest BCUT2D eigenvalue weighted by Gasteiger charge is -2.26. The number of carbonyl (C=O) groups excluding carboxylic acids is 1. The van der Waals surface area contributed by atoms with E-state index in [0.717, 1.165) is 16.8 Å². The van der Waals surface area contributed by atoms with E-state index in [4.69, 9.17) is 16.6 Å². The molecule has 1 atom stereocenters. The molecule has 1 aliphatic rings. The molecule has 9 heteroatoms. The van der Waals surface area contributed by atoms with Crippen molar-refractivity contribution in [2.75, 3.05) is 5.32 Å². The third-order valence-electron chi connectivity index (χ3n) is 6.52. The van der Waals surface area contributed by atoms with Gasteiger partial charge in [0, 0.05) is 21.8 Å². The number of halogens is 1. The van der Waals surface area contributed by atoms with Gasteiger partial charge in [0.15, 0.2) is 4.80 Å². The largest absolute Gasteiger partial charge is 0.322 e. The first kappa shape index (κ1) is 24.8. The predicted molar refractivity (Wildman–Crippen MR) is 154 cm³/mol. The smallest absolute Gasteiger partial charge is 0.271 e. The van der Waals surface area contributed by atoms with Crippen LogP contribution < -0.4 is 20.2 Å². The number of thiazole rings is 1. The fourth-order valence-corrected chi connectivity index (χ4v) is 5.98. The van der Waals surface area contributed by atoms with Crippen molar-refractivity contribution in [3.05, 3.63) is 138 Å². The number of fused-ring (bicyclic) bond motifs is 1. The van der Waals surface area contributed by atoms with Crippen LogP contribution in [0.2, 0.25) is 5.02 Å². The first-order valence-electron chi connectivity index (χ1n) is 12.2. The Kier molecular flexibility index (Phi) is 6.56. The van der Waals surface area contributed by atoms with E-state index < -0.39 is 6.04 Å². The van der Waals surface area contributed by atoms with E-state index >= 15 is 0 Å². The first-order valence-corrected chi connectivity index (χ1v) is 13.4. The molecule has 0 fully saturated rings. The third kappa shape index (κ3) is 4.65. The number of amides is 1. The number of hydrogen-bond acceptors (Lipinski definition) is 5. The Hall–Kier alpha value is -4.53. The van der Waals surface area contributed by atoms with Crippen LogP contribution in [-0.4, -0.2) is 20.7 Å². The van der Waals surface area contributed by atoms with Crippen molar-refractivity contribution in [3.8, 4) is 11.3 Å². The first-order chi connectivity index (χ1) is 19.0. The van der Waals surface area contributed by atoms with Crippen molar-refractivity contribution in [1.29, 1.82) is 0 Å². The second-order valence-electron chi connectivity index (χ2n) is 8.99. The fourth-order valence-electron chi connectivity index (χ4n) is 4.71. The van der Waals surface area contributed by atoms with Gasteiger partial charge in [-0.3, -0.25) is 19.3 Å². The second-order valence-corrected chi connectivity index (χ2v) is 10.4. The summed E-state index contributed by atoms with van der Waals surface area (Å²) in [6.45, 7) is 1.78. The van der Waals surface area contributed by atoms with Crippen molar-refractivity contribution in [3.63, 3.8) is 0 Å². The summed E-state index contributed by atoms with van der Waals surface area (Å²) in [7, 11) is 0. The number of nitrogens with zero attached hydrogens (tertiary/aromatic N) is 3. The maximum Gasteiger partial charge on any atom is 0.271 e. The van der Waals surface area contributed by atoms with E-state index in [0.29, 0.717) is 36.9 Å². The summed E-state index contributed by atoms with van der Waals surface area (Å²) >= 11 is 7.92. The van der Waals surface area contributed by atoms with Gasteiger partial charge in [-0.15, -0.1) is 0 Å². The van der Waals surface area contributed by atoms with Gasteiger partial charge >= 0.3 is 0 Å². The van der Waals surface area contributed by atoms with E-state index in [2.05, 4.69) is 15.5 Å². The Morgan fingerprint density at radius 2 is 1.72 bits per heavy atom. The number of H-pyrrole nitrogens is 1. The van der Waals surface area contributed by atoms with Gasteiger partial charge in [0.25, 0.3) is 11.5 Å². The number of carbonyl (C=O) groups is 1. The highest BCUT2D eigenvalue weighted by molar-refractivity contribution is 7.07. The minimum atomic E-state index is -0.751. The maximum atomic E-state index is 14.0. The summed E-state index contributed by atoms with van der Waals surface area (Å²) in [6.07, 6.45) is 3.50. The van der Waals surface area contributed by atoms with Gasteiger partial charge in [-0.25, -0.2) is 4.99 Å². The lowest BCUT2D eigenvalue weighted by atomic mass is 9.95. The molecule has 0 aliphatic carbocycles. The molecule has 0 unspecified atom stereocenters. The molecule has 0 saturated carbocycles. The van der Waals surface area contributed by atoms with E-state index in [1.165, 1.54) is 11.3 Å². The topological polar surface area (TPSA) is 92.1 Å². The zero-order valence-electron chi connectivity index (χ0n) is 20.8. The van der Waals surface area contributed by atoms with Gasteiger partial charge in [0.1, 0.15) is 0 Å². The standard InChI is InChI=1S/C30H22ClN5O2S/c1-18-25(28(37)34-21-12-6-3-7-13-21)27(22-14-8-9-15-23(22)31)36-29(38)24(39-30(36)33-18)16-20-17-32-35-26(20)19-10-4-2-5-11-19/h2-17,27H,1H3,(H,32,35)(H,34,37)/b24-16+/t27-/m0/s1. The highest BCUT2D eigenvalue weighted by Gasteiger charge is 2.33. The van der Waals surface area contributed by atoms with Crippen LogP contribution >= 0.6 is 22.9 Å². The number of aromatic nitrogens is 3. The molecule has 1 aliphatic heterocycles. The third-order valence-corrected chi connectivity index (χ3v) is 7.84. The van der Waals surface area contributed by atoms with Crippen molar-refractivity contribution in [1.82, 2.24) is 14.8 Å². The average molecular weight is 552 g/mol. The highest BCUT2D eigenvalue weighted by Crippen LogP contribution is 2.34. The second kappa shape index (κ2) is 10.3. The molecule has 1 amide bonds. The molecular weight excluding hydrogens is 530 g/mol. The fraction of sp³-hybridized carbons (Fsp3) is 0.0667. The Bertz CT molecular complexity index is 1910. The number of allylic oxidation sites excluding steroid dienone is 1. The van der Waals surface area contributed by atoms with Crippen LogP contribution in [0.4, 0.5) is 5.69 Å². The Morgan fingerprint density at radius 3 is 2.46 bits per heavy atom. The van der Waals surface area contributed by atoms with Gasteiger partial charge < -0.3 is 5.32 Å².